The van der Waals surface area contributed by atoms with Crippen LogP contribution in [0.2, 0.25) is 0 Å². The van der Waals surface area contributed by atoms with Crippen LogP contribution in [0.5, 0.6) is 23.0 Å². The van der Waals surface area contributed by atoms with E-state index in [9.17, 15) is 15.0 Å². The smallest absolute Gasteiger partial charge is 0.192 e. The zero-order chi connectivity index (χ0) is 32.5. The predicted molar refractivity (Wildman–Crippen MR) is 180 cm³/mol. The quantitative estimate of drug-likeness (QED) is 0.0392. The molecule has 244 valence electrons. The molecule has 44 heavy (non-hydrogen) atoms. The van der Waals surface area contributed by atoms with Crippen LogP contribution in [-0.4, -0.2) is 56.3 Å². The Morgan fingerprint density at radius 3 is 2.52 bits per heavy atom. The Bertz CT molecular complexity index is 1230. The van der Waals surface area contributed by atoms with Gasteiger partial charge in [0.05, 0.1) is 12.8 Å². The van der Waals surface area contributed by atoms with Crippen LogP contribution in [0.3, 0.4) is 0 Å². The number of ketones is 1. The highest BCUT2D eigenvalue weighted by molar-refractivity contribution is 5.94. The molecule has 0 radical (unpaired) electrons. The Morgan fingerprint density at radius 1 is 1.09 bits per heavy atom. The number of aryl methyl sites for hydroxylation is 1. The molecule has 2 aromatic rings. The van der Waals surface area contributed by atoms with Crippen molar-refractivity contribution in [2.45, 2.75) is 72.1 Å². The summed E-state index contributed by atoms with van der Waals surface area (Å²) < 4.78 is 11.1. The summed E-state index contributed by atoms with van der Waals surface area (Å²) in [6, 6.07) is 8.90. The lowest BCUT2D eigenvalue weighted by molar-refractivity contribution is -0.114. The minimum absolute atomic E-state index is 0.0254. The molecule has 0 aliphatic carbocycles. The Balaban J connectivity index is 2.28. The average Bonchev–Trinajstić information content (AvgIpc) is 3.00. The number of hydrogen-bond acceptors (Lipinski definition) is 7. The van der Waals surface area contributed by atoms with Gasteiger partial charge in [0, 0.05) is 20.0 Å². The largest absolute Gasteiger partial charge is 0.504 e. The second-order valence-electron chi connectivity index (χ2n) is 11.7. The van der Waals surface area contributed by atoms with Gasteiger partial charge in [-0.25, -0.2) is 0 Å². The number of hydrogen-bond donors (Lipinski definition) is 5. The fraction of sp³-hybridized carbons (Fsp3) is 0.543. The standard InChI is InChI=1S/C35H54N4O5/c1-7-9-24(2)10-8-11-25(3)28(14-16-29(40)15-12-26-13-17-31(41)32(22-26)43-6)20-27-21-30(39-35(36)38-5)34(42)33(23-27)44-19-18-37-4/h13-14,16-17,21-25,28,37,41-42H,7-12,15,18-20H2,1-6H3,(H3,36,38,39)/b16-14+/t24-,25-,28+/m0/s1. The average molecular weight is 611 g/mol. The van der Waals surface area contributed by atoms with Gasteiger partial charge in [0.25, 0.3) is 0 Å². The number of guanidine groups is 1. The number of likely N-dealkylation sites (N-methyl/N-ethyl adjacent to an activating group) is 1. The number of aromatic hydroxyl groups is 2. The van der Waals surface area contributed by atoms with Crippen LogP contribution in [0.15, 0.2) is 47.5 Å². The van der Waals surface area contributed by atoms with Gasteiger partial charge in [-0.3, -0.25) is 9.79 Å². The van der Waals surface area contributed by atoms with Gasteiger partial charge in [0.2, 0.25) is 0 Å². The van der Waals surface area contributed by atoms with Gasteiger partial charge in [-0.15, -0.1) is 0 Å². The summed E-state index contributed by atoms with van der Waals surface area (Å²) >= 11 is 0. The molecule has 0 unspecified atom stereocenters. The number of carbonyl (C=O) groups is 1. The zero-order valence-electron chi connectivity index (χ0n) is 27.5. The van der Waals surface area contributed by atoms with E-state index in [4.69, 9.17) is 15.2 Å². The van der Waals surface area contributed by atoms with Crippen molar-refractivity contribution < 1.29 is 24.5 Å². The molecule has 3 atom stereocenters. The predicted octanol–water partition coefficient (Wildman–Crippen LogP) is 6.22. The fourth-order valence-corrected chi connectivity index (χ4v) is 5.27. The summed E-state index contributed by atoms with van der Waals surface area (Å²) in [7, 11) is 4.93. The molecule has 0 bridgehead atoms. The van der Waals surface area contributed by atoms with Gasteiger partial charge >= 0.3 is 0 Å². The number of rotatable bonds is 20. The van der Waals surface area contributed by atoms with Crippen molar-refractivity contribution in [2.75, 3.05) is 39.7 Å². The Kier molecular flexibility index (Phi) is 16.2. The van der Waals surface area contributed by atoms with Crippen molar-refractivity contribution in [3.05, 3.63) is 53.6 Å². The topological polar surface area (TPSA) is 138 Å². The van der Waals surface area contributed by atoms with Crippen LogP contribution in [-0.2, 0) is 17.6 Å². The van der Waals surface area contributed by atoms with Gasteiger partial charge in [-0.1, -0.05) is 65.0 Å². The number of nitrogens with zero attached hydrogens (tertiary/aromatic N) is 1. The number of nitrogens with one attached hydrogen (secondary N) is 2. The molecule has 0 aliphatic rings. The van der Waals surface area contributed by atoms with E-state index in [1.54, 1.807) is 25.3 Å². The number of phenols is 2. The lowest BCUT2D eigenvalue weighted by Crippen LogP contribution is -2.22. The van der Waals surface area contributed by atoms with Gasteiger partial charge in [0.1, 0.15) is 6.61 Å². The summed E-state index contributed by atoms with van der Waals surface area (Å²) in [4.78, 5) is 16.9. The molecule has 0 aromatic heterocycles. The van der Waals surface area contributed by atoms with Crippen LogP contribution in [0.4, 0.5) is 5.69 Å². The van der Waals surface area contributed by atoms with Crippen molar-refractivity contribution in [3.8, 4) is 23.0 Å². The van der Waals surface area contributed by atoms with Crippen LogP contribution in [0, 0.1) is 17.8 Å². The maximum atomic E-state index is 13.0. The van der Waals surface area contributed by atoms with Gasteiger partial charge in [0.15, 0.2) is 34.7 Å². The second kappa shape index (κ2) is 19.5. The minimum Gasteiger partial charge on any atom is -0.504 e. The summed E-state index contributed by atoms with van der Waals surface area (Å²) in [6.45, 7) is 7.81. The number of allylic oxidation sites excluding steroid dienone is 2. The molecular formula is C35H54N4O5. The van der Waals surface area contributed by atoms with Crippen LogP contribution < -0.4 is 25.8 Å². The van der Waals surface area contributed by atoms with Crippen molar-refractivity contribution in [3.63, 3.8) is 0 Å². The Morgan fingerprint density at radius 2 is 1.84 bits per heavy atom. The number of phenolic OH excluding ortho intramolecular Hbond substituents is 2. The maximum absolute atomic E-state index is 13.0. The van der Waals surface area contributed by atoms with E-state index in [-0.39, 0.29) is 29.2 Å². The molecule has 0 spiro atoms. The molecule has 0 fully saturated rings. The molecule has 0 saturated heterocycles. The normalized spacial score (nSPS) is 13.9. The first kappa shape index (κ1) is 36.5. The number of aliphatic imine (C=N–C) groups is 1. The van der Waals surface area contributed by atoms with Gasteiger partial charge in [-0.2, -0.15) is 0 Å². The molecular weight excluding hydrogens is 556 g/mol. The summed E-state index contributed by atoms with van der Waals surface area (Å²) in [6.07, 6.45) is 11.1. The highest BCUT2D eigenvalue weighted by Crippen LogP contribution is 2.37. The van der Waals surface area contributed by atoms with E-state index in [1.165, 1.54) is 26.4 Å². The molecule has 0 heterocycles. The highest BCUT2D eigenvalue weighted by atomic mass is 16.5. The molecule has 0 amide bonds. The van der Waals surface area contributed by atoms with E-state index >= 15 is 0 Å². The maximum Gasteiger partial charge on any atom is 0.192 e. The Labute approximate surface area is 264 Å². The number of benzene rings is 2. The van der Waals surface area contributed by atoms with Gasteiger partial charge in [-0.05, 0) is 79.1 Å². The SMILES string of the molecule is CCC[C@H](C)CCC[C@H](C)[C@H](/C=C/C(=O)CCc1ccc(O)c(OC)c1)Cc1cc(NC(N)=NC)c(O)c(OCCNC)c1. The summed E-state index contributed by atoms with van der Waals surface area (Å²) in [5, 5.41) is 26.8. The first-order chi connectivity index (χ1) is 21.1. The number of nitrogens with two attached hydrogens (primary N) is 1. The van der Waals surface area contributed by atoms with E-state index in [0.29, 0.717) is 61.4 Å². The molecule has 9 nitrogen and oxygen atoms in total. The summed E-state index contributed by atoms with van der Waals surface area (Å²) in [5.41, 5.74) is 8.24. The molecule has 0 aliphatic heterocycles. The van der Waals surface area contributed by atoms with Crippen LogP contribution in [0.25, 0.3) is 0 Å². The van der Waals surface area contributed by atoms with E-state index in [1.807, 2.05) is 31.3 Å². The van der Waals surface area contributed by atoms with Gasteiger partial charge < -0.3 is 36.1 Å². The molecule has 0 saturated carbocycles. The molecule has 2 aromatic carbocycles. The van der Waals surface area contributed by atoms with E-state index in [0.717, 1.165) is 24.0 Å². The third kappa shape index (κ3) is 12.5. The third-order valence-electron chi connectivity index (χ3n) is 8.02. The number of ether oxygens (including phenoxy) is 2. The lowest BCUT2D eigenvalue weighted by atomic mass is 9.83. The third-order valence-corrected chi connectivity index (χ3v) is 8.02. The minimum atomic E-state index is -0.0254. The first-order valence-electron chi connectivity index (χ1n) is 15.8. The van der Waals surface area contributed by atoms with Crippen LogP contribution in [0.1, 0.15) is 70.4 Å². The molecule has 9 heteroatoms. The monoisotopic (exact) mass is 610 g/mol. The van der Waals surface area contributed by atoms with Crippen molar-refractivity contribution in [2.24, 2.45) is 28.5 Å². The van der Waals surface area contributed by atoms with E-state index in [2.05, 4.69) is 36.4 Å². The fourth-order valence-electron chi connectivity index (χ4n) is 5.27. The highest BCUT2D eigenvalue weighted by Gasteiger charge is 2.20. The zero-order valence-corrected chi connectivity index (χ0v) is 27.5. The van der Waals surface area contributed by atoms with Crippen LogP contribution >= 0.6 is 0 Å². The number of methoxy groups -OCH3 is 1. The Hall–Kier alpha value is -3.72. The number of anilines is 1. The molecule has 2 rings (SSSR count). The van der Waals surface area contributed by atoms with E-state index < -0.39 is 0 Å². The first-order valence-corrected chi connectivity index (χ1v) is 15.8. The van der Waals surface area contributed by atoms with Crippen molar-refractivity contribution in [1.82, 2.24) is 5.32 Å². The van der Waals surface area contributed by atoms with Crippen molar-refractivity contribution in [1.29, 1.82) is 0 Å². The second-order valence-corrected chi connectivity index (χ2v) is 11.7. The summed E-state index contributed by atoms with van der Waals surface area (Å²) in [5.74, 6) is 2.17. The number of carbonyl (C=O) groups excluding carboxylic acids is 1. The van der Waals surface area contributed by atoms with Crippen molar-refractivity contribution >= 4 is 17.4 Å². The lowest BCUT2D eigenvalue weighted by Gasteiger charge is -2.23. The molecule has 6 N–H and O–H groups in total.